The Morgan fingerprint density at radius 2 is 1.88 bits per heavy atom. The number of nitrogens with one attached hydrogen (secondary N) is 3. The second kappa shape index (κ2) is 12.8. The van der Waals surface area contributed by atoms with Crippen molar-refractivity contribution in [1.82, 2.24) is 10.3 Å². The van der Waals surface area contributed by atoms with Crippen LogP contribution in [-0.2, 0) is 16.0 Å². The number of nitrogens with zero attached hydrogens (tertiary/aromatic N) is 1. The van der Waals surface area contributed by atoms with Crippen molar-refractivity contribution < 1.29 is 23.8 Å². The second-order valence-electron chi connectivity index (χ2n) is 9.45. The van der Waals surface area contributed by atoms with E-state index in [0.717, 1.165) is 21.6 Å². The number of fused-ring (bicyclic) bond motifs is 3. The van der Waals surface area contributed by atoms with Crippen molar-refractivity contribution in [3.63, 3.8) is 0 Å². The lowest BCUT2D eigenvalue weighted by Gasteiger charge is -2.19. The first-order valence-electron chi connectivity index (χ1n) is 13.0. The molecule has 0 bridgehead atoms. The van der Waals surface area contributed by atoms with E-state index in [2.05, 4.69) is 20.9 Å². The summed E-state index contributed by atoms with van der Waals surface area (Å²) in [5.74, 6) is 1.17. The normalized spacial score (nSPS) is 13.8. The fraction of sp³-hybridized carbons (Fsp3) is 0.379. The molecule has 3 aromatic rings. The van der Waals surface area contributed by atoms with Crippen molar-refractivity contribution >= 4 is 34.0 Å². The molecule has 2 amide bonds. The molecule has 1 unspecified atom stereocenters. The lowest BCUT2D eigenvalue weighted by atomic mass is 9.95. The van der Waals surface area contributed by atoms with E-state index in [1.807, 2.05) is 19.1 Å². The third-order valence-corrected chi connectivity index (χ3v) is 7.51. The van der Waals surface area contributed by atoms with Crippen LogP contribution in [0.2, 0.25) is 0 Å². The number of anilines is 2. The van der Waals surface area contributed by atoms with E-state index in [1.54, 1.807) is 39.7 Å². The fourth-order valence-electron chi connectivity index (χ4n) is 4.92. The molecule has 1 aliphatic carbocycles. The summed E-state index contributed by atoms with van der Waals surface area (Å²) in [7, 11) is 4.68. The Labute approximate surface area is 237 Å². The molecule has 1 aliphatic rings. The van der Waals surface area contributed by atoms with E-state index in [9.17, 15) is 14.4 Å². The van der Waals surface area contributed by atoms with Crippen molar-refractivity contribution in [3.05, 3.63) is 56.7 Å². The second-order valence-corrected chi connectivity index (χ2v) is 10.7. The van der Waals surface area contributed by atoms with E-state index in [-0.39, 0.29) is 29.7 Å². The minimum atomic E-state index is -0.382. The van der Waals surface area contributed by atoms with Gasteiger partial charge >= 0.3 is 0 Å². The Kier molecular flexibility index (Phi) is 9.26. The van der Waals surface area contributed by atoms with Gasteiger partial charge in [-0.1, -0.05) is 6.07 Å². The molecule has 4 rings (SSSR count). The summed E-state index contributed by atoms with van der Waals surface area (Å²) in [4.78, 5) is 42.9. The minimum absolute atomic E-state index is 0.130. The van der Waals surface area contributed by atoms with Gasteiger partial charge in [0.15, 0.2) is 16.6 Å². The van der Waals surface area contributed by atoms with E-state index in [4.69, 9.17) is 14.2 Å². The van der Waals surface area contributed by atoms with Crippen LogP contribution in [0.4, 0.5) is 10.8 Å². The molecule has 11 heteroatoms. The highest BCUT2D eigenvalue weighted by Crippen LogP contribution is 2.50. The maximum absolute atomic E-state index is 13.4. The van der Waals surface area contributed by atoms with Crippen LogP contribution in [0, 0.1) is 6.92 Å². The maximum atomic E-state index is 13.4. The van der Waals surface area contributed by atoms with Gasteiger partial charge in [-0.2, -0.15) is 0 Å². The molecule has 0 radical (unpaired) electrons. The van der Waals surface area contributed by atoms with Crippen LogP contribution in [0.5, 0.6) is 17.2 Å². The third kappa shape index (κ3) is 6.36. The summed E-state index contributed by atoms with van der Waals surface area (Å²) in [6, 6.07) is 6.70. The molecule has 0 fully saturated rings. The van der Waals surface area contributed by atoms with Gasteiger partial charge in [-0.05, 0) is 61.1 Å². The Balaban J connectivity index is 1.65. The van der Waals surface area contributed by atoms with Gasteiger partial charge in [0.25, 0.3) is 0 Å². The summed E-state index contributed by atoms with van der Waals surface area (Å²) in [5.41, 5.74) is 3.37. The van der Waals surface area contributed by atoms with Gasteiger partial charge in [0.2, 0.25) is 23.0 Å². The van der Waals surface area contributed by atoms with E-state index in [1.165, 1.54) is 18.3 Å². The van der Waals surface area contributed by atoms with Gasteiger partial charge < -0.3 is 30.2 Å². The topological polar surface area (TPSA) is 128 Å². The fourth-order valence-corrected chi connectivity index (χ4v) is 5.60. The summed E-state index contributed by atoms with van der Waals surface area (Å²) < 4.78 is 17.0. The zero-order chi connectivity index (χ0) is 28.8. The molecule has 40 heavy (non-hydrogen) atoms. The number of hydrogen-bond donors (Lipinski definition) is 3. The number of thiazole rings is 1. The first-order chi connectivity index (χ1) is 19.2. The Morgan fingerprint density at radius 3 is 2.52 bits per heavy atom. The highest BCUT2D eigenvalue weighted by molar-refractivity contribution is 7.15. The molecule has 212 valence electrons. The van der Waals surface area contributed by atoms with Crippen molar-refractivity contribution in [2.75, 3.05) is 38.5 Å². The number of aryl methyl sites for hydroxylation is 2. The first-order valence-corrected chi connectivity index (χ1v) is 13.8. The number of methoxy groups -OCH3 is 3. The molecule has 3 N–H and O–H groups in total. The number of rotatable bonds is 10. The van der Waals surface area contributed by atoms with E-state index >= 15 is 0 Å². The lowest BCUT2D eigenvalue weighted by molar-refractivity contribution is -0.119. The van der Waals surface area contributed by atoms with Gasteiger partial charge in [-0.3, -0.25) is 14.4 Å². The summed E-state index contributed by atoms with van der Waals surface area (Å²) in [6.45, 7) is 3.82. The van der Waals surface area contributed by atoms with Crippen LogP contribution < -0.4 is 35.6 Å². The molecule has 1 atom stereocenters. The molecule has 0 aliphatic heterocycles. The average Bonchev–Trinajstić information content (AvgIpc) is 3.19. The molecule has 10 nitrogen and oxygen atoms in total. The third-order valence-electron chi connectivity index (χ3n) is 6.68. The Morgan fingerprint density at radius 1 is 1.10 bits per heavy atom. The van der Waals surface area contributed by atoms with Crippen molar-refractivity contribution in [1.29, 1.82) is 0 Å². The van der Waals surface area contributed by atoms with Crippen molar-refractivity contribution in [2.45, 2.75) is 45.6 Å². The molecular formula is C29H34N4O6S. The zero-order valence-corrected chi connectivity index (χ0v) is 24.1. The molecular weight excluding hydrogens is 532 g/mol. The largest absolute Gasteiger partial charge is 0.493 e. The van der Waals surface area contributed by atoms with E-state index < -0.39 is 0 Å². The minimum Gasteiger partial charge on any atom is -0.493 e. The molecule has 0 saturated carbocycles. The Bertz CT molecular complexity index is 1470. The van der Waals surface area contributed by atoms with Crippen LogP contribution in [0.25, 0.3) is 11.1 Å². The van der Waals surface area contributed by atoms with Crippen LogP contribution in [0.3, 0.4) is 0 Å². The maximum Gasteiger partial charge on any atom is 0.226 e. The van der Waals surface area contributed by atoms with E-state index in [0.29, 0.717) is 59.4 Å². The van der Waals surface area contributed by atoms with Gasteiger partial charge in [-0.15, -0.1) is 11.3 Å². The standard InChI is InChI=1S/C29H34N4O6S/c1-16-15-31-29(40-16)33-25(36)7-6-12-30-22-11-9-19-20(14-23(22)35)21(32-17(2)34)10-8-18-13-24(37-3)27(38-4)28(39-5)26(18)19/h9,11,13-15,21H,6-8,10,12H2,1-5H3,(H,30,35)(H,32,34)(H,31,33,36). The number of amides is 2. The van der Waals surface area contributed by atoms with Gasteiger partial charge in [0, 0.05) is 36.5 Å². The van der Waals surface area contributed by atoms with Crippen molar-refractivity contribution in [2.24, 2.45) is 0 Å². The molecule has 1 aromatic heterocycles. The van der Waals surface area contributed by atoms with Crippen LogP contribution in [0.1, 0.15) is 48.2 Å². The summed E-state index contributed by atoms with van der Waals surface area (Å²) in [5, 5.41) is 9.55. The number of ether oxygens (including phenoxy) is 3. The lowest BCUT2D eigenvalue weighted by Crippen LogP contribution is -2.26. The molecule has 2 aromatic carbocycles. The van der Waals surface area contributed by atoms with Crippen LogP contribution in [0.15, 0.2) is 35.3 Å². The monoisotopic (exact) mass is 566 g/mol. The van der Waals surface area contributed by atoms with Crippen molar-refractivity contribution in [3.8, 4) is 28.4 Å². The molecule has 1 heterocycles. The Hall–Kier alpha value is -4.12. The highest BCUT2D eigenvalue weighted by atomic mass is 32.1. The number of benzene rings is 1. The zero-order valence-electron chi connectivity index (χ0n) is 23.3. The highest BCUT2D eigenvalue weighted by Gasteiger charge is 2.29. The average molecular weight is 567 g/mol. The summed E-state index contributed by atoms with van der Waals surface area (Å²) in [6.07, 6.45) is 3.73. The van der Waals surface area contributed by atoms with Gasteiger partial charge in [-0.25, -0.2) is 4.98 Å². The number of hydrogen-bond acceptors (Lipinski definition) is 9. The SMILES string of the molecule is COc1cc2c(c(OC)c1OC)-c1ccc(NCCCC(=O)Nc3ncc(C)s3)c(=O)cc1C(NC(C)=O)CC2. The number of carbonyl (C=O) groups is 2. The number of carbonyl (C=O) groups excluding carboxylic acids is 2. The first kappa shape index (κ1) is 28.9. The predicted molar refractivity (Wildman–Crippen MR) is 156 cm³/mol. The smallest absolute Gasteiger partial charge is 0.226 e. The molecule has 0 saturated heterocycles. The number of aromatic nitrogens is 1. The predicted octanol–water partition coefficient (Wildman–Crippen LogP) is 4.46. The van der Waals surface area contributed by atoms with Crippen LogP contribution >= 0.6 is 11.3 Å². The van der Waals surface area contributed by atoms with Crippen LogP contribution in [-0.4, -0.2) is 44.7 Å². The quantitative estimate of drug-likeness (QED) is 0.307. The summed E-state index contributed by atoms with van der Waals surface area (Å²) >= 11 is 1.42. The van der Waals surface area contributed by atoms with Gasteiger partial charge in [0.1, 0.15) is 0 Å². The van der Waals surface area contributed by atoms with Gasteiger partial charge in [0.05, 0.1) is 33.1 Å². The molecule has 0 spiro atoms.